The van der Waals surface area contributed by atoms with Gasteiger partial charge in [0, 0.05) is 14.2 Å². The molecule has 1 atom stereocenters. The van der Waals surface area contributed by atoms with E-state index >= 15 is 0 Å². The van der Waals surface area contributed by atoms with Crippen LogP contribution in [0.1, 0.15) is 20.7 Å². The molecule has 2 rings (SSSR count). The second-order valence-corrected chi connectivity index (χ2v) is 6.95. The van der Waals surface area contributed by atoms with Gasteiger partial charge in [-0.1, -0.05) is 12.1 Å². The minimum absolute atomic E-state index is 0.294. The van der Waals surface area contributed by atoms with Crippen molar-refractivity contribution in [3.8, 4) is 0 Å². The van der Waals surface area contributed by atoms with Gasteiger partial charge < -0.3 is 0 Å². The van der Waals surface area contributed by atoms with Crippen LogP contribution in [0, 0.1) is 12.7 Å². The van der Waals surface area contributed by atoms with E-state index in [1.807, 2.05) is 19.1 Å². The van der Waals surface area contributed by atoms with E-state index in [1.165, 1.54) is 10.9 Å². The number of thiophene rings is 1. The number of aryl methyl sites for hydroxylation is 1. The van der Waals surface area contributed by atoms with Gasteiger partial charge in [-0.15, -0.1) is 22.9 Å². The zero-order valence-corrected chi connectivity index (χ0v) is 13.6. The summed E-state index contributed by atoms with van der Waals surface area (Å²) in [5.41, 5.74) is 0.745. The van der Waals surface area contributed by atoms with Crippen molar-refractivity contribution < 1.29 is 4.39 Å². The molecule has 0 nitrogen and oxygen atoms in total. The Balaban J connectivity index is 2.47. The number of benzene rings is 1. The Labute approximate surface area is 125 Å². The first kappa shape index (κ1) is 13.5. The molecule has 5 heteroatoms. The molecule has 90 valence electrons. The lowest BCUT2D eigenvalue weighted by Crippen LogP contribution is -1.94. The Kier molecular flexibility index (Phi) is 4.29. The predicted octanol–water partition coefficient (Wildman–Crippen LogP) is 6.05. The number of hydrogen-bond acceptors (Lipinski definition) is 1. The van der Waals surface area contributed by atoms with Crippen LogP contribution in [-0.4, -0.2) is 0 Å². The summed E-state index contributed by atoms with van der Waals surface area (Å²) in [6, 6.07) is 6.92. The monoisotopic (exact) mass is 396 g/mol. The Morgan fingerprint density at radius 2 is 2.06 bits per heavy atom. The molecule has 2 aromatic rings. The summed E-state index contributed by atoms with van der Waals surface area (Å²) < 4.78 is 14.8. The quantitative estimate of drug-likeness (QED) is 0.540. The number of alkyl halides is 1. The first-order chi connectivity index (χ1) is 8.00. The zero-order chi connectivity index (χ0) is 12.6. The van der Waals surface area contributed by atoms with Crippen molar-refractivity contribution in [3.05, 3.63) is 54.3 Å². The maximum atomic E-state index is 13.4. The van der Waals surface area contributed by atoms with Crippen LogP contribution >= 0.6 is 54.8 Å². The maximum Gasteiger partial charge on any atom is 0.137 e. The minimum Gasteiger partial charge on any atom is -0.206 e. The van der Waals surface area contributed by atoms with Crippen LogP contribution in [0.25, 0.3) is 0 Å². The van der Waals surface area contributed by atoms with Crippen LogP contribution in [0.5, 0.6) is 0 Å². The van der Waals surface area contributed by atoms with Crippen molar-refractivity contribution in [1.29, 1.82) is 0 Å². The zero-order valence-electron chi connectivity index (χ0n) is 8.81. The van der Waals surface area contributed by atoms with Crippen molar-refractivity contribution in [2.45, 2.75) is 12.3 Å². The number of hydrogen-bond donors (Lipinski definition) is 0. The third-order valence-electron chi connectivity index (χ3n) is 2.32. The molecule has 0 saturated carbocycles. The van der Waals surface area contributed by atoms with E-state index in [9.17, 15) is 4.39 Å². The lowest BCUT2D eigenvalue weighted by molar-refractivity contribution is 0.618. The summed E-state index contributed by atoms with van der Waals surface area (Å²) in [7, 11) is 0. The van der Waals surface area contributed by atoms with Gasteiger partial charge in [0.05, 0.1) is 9.85 Å². The lowest BCUT2D eigenvalue weighted by atomic mass is 10.1. The molecule has 0 N–H and O–H groups in total. The van der Waals surface area contributed by atoms with Crippen LogP contribution in [0.4, 0.5) is 4.39 Å². The van der Waals surface area contributed by atoms with Gasteiger partial charge in [-0.3, -0.25) is 0 Å². The summed E-state index contributed by atoms with van der Waals surface area (Å²) >= 11 is 14.7. The van der Waals surface area contributed by atoms with Gasteiger partial charge in [-0.2, -0.15) is 0 Å². The predicted molar refractivity (Wildman–Crippen MR) is 78.6 cm³/mol. The van der Waals surface area contributed by atoms with Crippen molar-refractivity contribution in [3.63, 3.8) is 0 Å². The average Bonchev–Trinajstić information content (AvgIpc) is 2.61. The second kappa shape index (κ2) is 5.39. The Morgan fingerprint density at radius 1 is 1.35 bits per heavy atom. The molecule has 0 fully saturated rings. The second-order valence-electron chi connectivity index (χ2n) is 3.57. The van der Waals surface area contributed by atoms with E-state index in [-0.39, 0.29) is 11.2 Å². The molecule has 1 unspecified atom stereocenters. The standard InChI is InChI=1S/C12H8Br2ClFS/c1-6-5-8(13)12(17-6)11(15)7-3-2-4-9(16)10(7)14/h2-5,11H,1H3. The smallest absolute Gasteiger partial charge is 0.137 e. The van der Waals surface area contributed by atoms with Gasteiger partial charge >= 0.3 is 0 Å². The van der Waals surface area contributed by atoms with E-state index in [1.54, 1.807) is 17.4 Å². The molecule has 0 aliphatic rings. The third kappa shape index (κ3) is 2.75. The lowest BCUT2D eigenvalue weighted by Gasteiger charge is -2.11. The van der Waals surface area contributed by atoms with E-state index in [4.69, 9.17) is 11.6 Å². The van der Waals surface area contributed by atoms with Crippen LogP contribution < -0.4 is 0 Å². The molecule has 0 aliphatic heterocycles. The Morgan fingerprint density at radius 3 is 2.65 bits per heavy atom. The van der Waals surface area contributed by atoms with Crippen LogP contribution in [-0.2, 0) is 0 Å². The van der Waals surface area contributed by atoms with Gasteiger partial charge in [0.15, 0.2) is 0 Å². The van der Waals surface area contributed by atoms with Gasteiger partial charge in [0.1, 0.15) is 5.82 Å². The molecule has 0 saturated heterocycles. The maximum absolute atomic E-state index is 13.4. The van der Waals surface area contributed by atoms with E-state index in [2.05, 4.69) is 31.9 Å². The average molecular weight is 399 g/mol. The highest BCUT2D eigenvalue weighted by Gasteiger charge is 2.20. The molecule has 0 aliphatic carbocycles. The highest BCUT2D eigenvalue weighted by atomic mass is 79.9. The Bertz CT molecular complexity index is 553. The number of halogens is 4. The molecule has 1 heterocycles. The normalized spacial score (nSPS) is 12.8. The first-order valence-corrected chi connectivity index (χ1v) is 7.68. The summed E-state index contributed by atoms with van der Waals surface area (Å²) in [4.78, 5) is 2.17. The molecule has 1 aromatic carbocycles. The molecule has 17 heavy (non-hydrogen) atoms. The van der Waals surface area contributed by atoms with Crippen molar-refractivity contribution >= 4 is 54.8 Å². The molecule has 0 bridgehead atoms. The van der Waals surface area contributed by atoms with Gasteiger partial charge in [0.25, 0.3) is 0 Å². The summed E-state index contributed by atoms with van der Waals surface area (Å²) in [5.74, 6) is -0.294. The fourth-order valence-electron chi connectivity index (χ4n) is 1.53. The van der Waals surface area contributed by atoms with Gasteiger partial charge in [0.2, 0.25) is 0 Å². The van der Waals surface area contributed by atoms with Gasteiger partial charge in [-0.05, 0) is 56.5 Å². The number of rotatable bonds is 2. The van der Waals surface area contributed by atoms with Crippen molar-refractivity contribution in [1.82, 2.24) is 0 Å². The summed E-state index contributed by atoms with van der Waals surface area (Å²) in [6.45, 7) is 2.02. The minimum atomic E-state index is -0.354. The molecular formula is C12H8Br2ClFS. The molecule has 1 aromatic heterocycles. The highest BCUT2D eigenvalue weighted by molar-refractivity contribution is 9.10. The Hall–Kier alpha value is 0.1000. The fourth-order valence-corrected chi connectivity index (χ4v) is 4.60. The van der Waals surface area contributed by atoms with Crippen LogP contribution in [0.3, 0.4) is 0 Å². The van der Waals surface area contributed by atoms with Crippen LogP contribution in [0.2, 0.25) is 0 Å². The first-order valence-electron chi connectivity index (χ1n) is 4.84. The van der Waals surface area contributed by atoms with E-state index in [0.29, 0.717) is 4.47 Å². The third-order valence-corrected chi connectivity index (χ3v) is 5.77. The van der Waals surface area contributed by atoms with Crippen molar-refractivity contribution in [2.75, 3.05) is 0 Å². The van der Waals surface area contributed by atoms with Crippen LogP contribution in [0.15, 0.2) is 33.2 Å². The highest BCUT2D eigenvalue weighted by Crippen LogP contribution is 2.42. The van der Waals surface area contributed by atoms with E-state index in [0.717, 1.165) is 14.9 Å². The summed E-state index contributed by atoms with van der Waals surface area (Å²) in [6.07, 6.45) is 0. The molecule has 0 radical (unpaired) electrons. The molecular weight excluding hydrogens is 390 g/mol. The van der Waals surface area contributed by atoms with Crippen molar-refractivity contribution in [2.24, 2.45) is 0 Å². The van der Waals surface area contributed by atoms with E-state index < -0.39 is 0 Å². The largest absolute Gasteiger partial charge is 0.206 e. The topological polar surface area (TPSA) is 0 Å². The SMILES string of the molecule is Cc1cc(Br)c(C(Cl)c2cccc(F)c2Br)s1. The molecule has 0 spiro atoms. The van der Waals surface area contributed by atoms with Gasteiger partial charge in [-0.25, -0.2) is 4.39 Å². The summed E-state index contributed by atoms with van der Waals surface area (Å²) in [5, 5.41) is -0.354. The molecule has 0 amide bonds. The fraction of sp³-hybridized carbons (Fsp3) is 0.167.